The SMILES string of the molecule is CCCCCCCCCCCCCCCCCCOC(CO[PH](=O)O)COC(c1ccccc1)(c1ccccc1)c1ccc(OC)cc1. The molecule has 0 aromatic heterocycles. The molecule has 0 amide bonds. The molecule has 48 heavy (non-hydrogen) atoms. The molecule has 0 aliphatic heterocycles. The van der Waals surface area contributed by atoms with Crippen LogP contribution in [-0.2, 0) is 24.2 Å². The molecule has 2 unspecified atom stereocenters. The highest BCUT2D eigenvalue weighted by atomic mass is 31.1. The largest absolute Gasteiger partial charge is 0.497 e. The minimum atomic E-state index is -3.11. The van der Waals surface area contributed by atoms with Gasteiger partial charge in [-0.1, -0.05) is 176 Å². The van der Waals surface area contributed by atoms with Crippen LogP contribution in [0, 0.1) is 0 Å². The van der Waals surface area contributed by atoms with E-state index in [0.717, 1.165) is 35.3 Å². The lowest BCUT2D eigenvalue weighted by Crippen LogP contribution is -2.37. The quantitative estimate of drug-likeness (QED) is 0.0467. The molecular formula is C41H61O6P. The van der Waals surface area contributed by atoms with Crippen LogP contribution in [0.3, 0.4) is 0 Å². The average Bonchev–Trinajstić information content (AvgIpc) is 3.12. The third kappa shape index (κ3) is 14.6. The van der Waals surface area contributed by atoms with Gasteiger partial charge in [0.15, 0.2) is 0 Å². The fraction of sp³-hybridized carbons (Fsp3) is 0.561. The van der Waals surface area contributed by atoms with E-state index in [1.807, 2.05) is 60.7 Å². The standard InChI is InChI=1S/C41H61O6P/c1-3-4-5-6-7-8-9-10-11-12-13-14-15-16-17-24-33-45-40(35-47-48(42)43)34-46-41(36-25-20-18-21-26-36,37-27-22-19-23-28-37)38-29-31-39(44-2)32-30-38/h18-23,25-32,40,48H,3-17,24,33-35H2,1-2H3,(H,42,43). The summed E-state index contributed by atoms with van der Waals surface area (Å²) >= 11 is 0. The van der Waals surface area contributed by atoms with E-state index in [0.29, 0.717) is 6.61 Å². The van der Waals surface area contributed by atoms with Crippen molar-refractivity contribution in [2.24, 2.45) is 0 Å². The van der Waals surface area contributed by atoms with Crippen molar-refractivity contribution in [3.8, 4) is 5.75 Å². The first-order valence-electron chi connectivity index (χ1n) is 18.5. The highest BCUT2D eigenvalue weighted by Gasteiger charge is 2.38. The maximum Gasteiger partial charge on any atom is 0.316 e. The predicted molar refractivity (Wildman–Crippen MR) is 198 cm³/mol. The van der Waals surface area contributed by atoms with Crippen molar-refractivity contribution in [1.82, 2.24) is 0 Å². The summed E-state index contributed by atoms with van der Waals surface area (Å²) in [4.78, 5) is 9.45. The fourth-order valence-corrected chi connectivity index (χ4v) is 6.68. The van der Waals surface area contributed by atoms with Crippen LogP contribution in [0.1, 0.15) is 126 Å². The second-order valence-corrected chi connectivity index (χ2v) is 13.6. The van der Waals surface area contributed by atoms with E-state index in [4.69, 9.17) is 18.7 Å². The lowest BCUT2D eigenvalue weighted by molar-refractivity contribution is -0.0782. The Balaban J connectivity index is 1.50. The molecule has 0 radical (unpaired) electrons. The fourth-order valence-electron chi connectivity index (χ4n) is 6.35. The van der Waals surface area contributed by atoms with E-state index in [1.54, 1.807) is 7.11 Å². The van der Waals surface area contributed by atoms with Gasteiger partial charge in [-0.2, -0.15) is 0 Å². The molecule has 3 aromatic rings. The van der Waals surface area contributed by atoms with Crippen molar-refractivity contribution in [2.75, 3.05) is 26.9 Å². The molecule has 0 saturated heterocycles. The molecule has 0 bridgehead atoms. The van der Waals surface area contributed by atoms with Crippen LogP contribution in [0.25, 0.3) is 0 Å². The zero-order valence-corrected chi connectivity index (χ0v) is 30.6. The van der Waals surface area contributed by atoms with Gasteiger partial charge in [-0.25, -0.2) is 0 Å². The molecule has 0 aliphatic carbocycles. The monoisotopic (exact) mass is 680 g/mol. The summed E-state index contributed by atoms with van der Waals surface area (Å²) in [5.41, 5.74) is 1.92. The molecule has 0 aliphatic rings. The lowest BCUT2D eigenvalue weighted by Gasteiger charge is -2.37. The Labute approximate surface area is 291 Å². The van der Waals surface area contributed by atoms with Crippen molar-refractivity contribution in [2.45, 2.75) is 121 Å². The molecule has 3 rings (SSSR count). The maximum absolute atomic E-state index is 11.5. The van der Waals surface area contributed by atoms with Gasteiger partial charge in [0.1, 0.15) is 17.5 Å². The van der Waals surface area contributed by atoms with Crippen LogP contribution >= 0.6 is 8.25 Å². The van der Waals surface area contributed by atoms with Gasteiger partial charge in [0.2, 0.25) is 0 Å². The van der Waals surface area contributed by atoms with Crippen molar-refractivity contribution in [1.29, 1.82) is 0 Å². The molecule has 6 nitrogen and oxygen atoms in total. The summed E-state index contributed by atoms with van der Waals surface area (Å²) in [5.74, 6) is 0.759. The summed E-state index contributed by atoms with van der Waals surface area (Å²) in [7, 11) is -1.45. The number of methoxy groups -OCH3 is 1. The van der Waals surface area contributed by atoms with E-state index in [2.05, 4.69) is 31.2 Å². The van der Waals surface area contributed by atoms with Crippen molar-refractivity contribution >= 4 is 8.25 Å². The molecule has 0 heterocycles. The molecule has 2 atom stereocenters. The van der Waals surface area contributed by atoms with Crippen molar-refractivity contribution in [3.63, 3.8) is 0 Å². The normalized spacial score (nSPS) is 13.0. The first-order valence-corrected chi connectivity index (χ1v) is 19.7. The molecule has 3 aromatic carbocycles. The Bertz CT molecular complexity index is 1180. The Morgan fingerprint density at radius 2 is 1.04 bits per heavy atom. The van der Waals surface area contributed by atoms with Crippen molar-refractivity contribution in [3.05, 3.63) is 102 Å². The molecule has 266 valence electrons. The van der Waals surface area contributed by atoms with Crippen molar-refractivity contribution < 1.29 is 28.2 Å². The number of hydrogen-bond acceptors (Lipinski definition) is 5. The second kappa shape index (κ2) is 24.6. The van der Waals surface area contributed by atoms with Gasteiger partial charge < -0.3 is 23.6 Å². The van der Waals surface area contributed by atoms with E-state index in [-0.39, 0.29) is 13.2 Å². The Kier molecular flexibility index (Phi) is 20.5. The smallest absolute Gasteiger partial charge is 0.316 e. The molecule has 7 heteroatoms. The summed E-state index contributed by atoms with van der Waals surface area (Å²) in [6, 6.07) is 28.2. The zero-order valence-electron chi connectivity index (χ0n) is 29.6. The third-order valence-electron chi connectivity index (χ3n) is 9.09. The second-order valence-electron chi connectivity index (χ2n) is 12.8. The Hall–Kier alpha value is -2.47. The van der Waals surface area contributed by atoms with Gasteiger partial charge in [0, 0.05) is 6.61 Å². The highest BCUT2D eigenvalue weighted by molar-refractivity contribution is 7.32. The predicted octanol–water partition coefficient (Wildman–Crippen LogP) is 11.0. The molecular weight excluding hydrogens is 619 g/mol. The maximum atomic E-state index is 11.5. The number of rotatable bonds is 28. The van der Waals surface area contributed by atoms with Gasteiger partial charge in [-0.15, -0.1) is 0 Å². The summed E-state index contributed by atoms with van der Waals surface area (Å²) in [6.07, 6.45) is 20.5. The number of unbranched alkanes of at least 4 members (excludes halogenated alkanes) is 15. The molecule has 0 fully saturated rings. The first-order chi connectivity index (χ1) is 23.6. The average molecular weight is 681 g/mol. The summed E-state index contributed by atoms with van der Waals surface area (Å²) in [5, 5.41) is 0. The van der Waals surface area contributed by atoms with Gasteiger partial charge in [-0.05, 0) is 35.2 Å². The minimum absolute atomic E-state index is 0.0184. The zero-order chi connectivity index (χ0) is 34.1. The third-order valence-corrected chi connectivity index (χ3v) is 9.50. The van der Waals surface area contributed by atoms with Crippen LogP contribution in [0.2, 0.25) is 0 Å². The van der Waals surface area contributed by atoms with Crippen LogP contribution in [0.4, 0.5) is 0 Å². The van der Waals surface area contributed by atoms with Crippen LogP contribution in [0.15, 0.2) is 84.9 Å². The van der Waals surface area contributed by atoms with Crippen LogP contribution in [0.5, 0.6) is 5.75 Å². The Morgan fingerprint density at radius 1 is 0.604 bits per heavy atom. The molecule has 0 saturated carbocycles. The molecule has 0 spiro atoms. The van der Waals surface area contributed by atoms with Crippen LogP contribution in [-0.4, -0.2) is 37.9 Å². The summed E-state index contributed by atoms with van der Waals surface area (Å²) in [6.45, 7) is 2.98. The van der Waals surface area contributed by atoms with E-state index >= 15 is 0 Å². The summed E-state index contributed by atoms with van der Waals surface area (Å²) < 4.78 is 35.3. The van der Waals surface area contributed by atoms with Gasteiger partial charge in [-0.3, -0.25) is 4.57 Å². The first kappa shape index (κ1) is 40.0. The van der Waals surface area contributed by atoms with Crippen LogP contribution < -0.4 is 4.74 Å². The van der Waals surface area contributed by atoms with Gasteiger partial charge >= 0.3 is 8.25 Å². The number of ether oxygens (including phenoxy) is 3. The highest BCUT2D eigenvalue weighted by Crippen LogP contribution is 2.41. The van der Waals surface area contributed by atoms with E-state index < -0.39 is 20.0 Å². The minimum Gasteiger partial charge on any atom is -0.497 e. The van der Waals surface area contributed by atoms with Gasteiger partial charge in [0.25, 0.3) is 0 Å². The van der Waals surface area contributed by atoms with Gasteiger partial charge in [0.05, 0.1) is 20.3 Å². The lowest BCUT2D eigenvalue weighted by atomic mass is 9.80. The van der Waals surface area contributed by atoms with E-state index in [1.165, 1.54) is 89.9 Å². The number of benzene rings is 3. The Morgan fingerprint density at radius 3 is 1.48 bits per heavy atom. The molecule has 1 N–H and O–H groups in total. The number of hydrogen-bond donors (Lipinski definition) is 1. The van der Waals surface area contributed by atoms with E-state index in [9.17, 15) is 9.46 Å². The topological polar surface area (TPSA) is 74.2 Å².